The molecule has 42 heavy (non-hydrogen) atoms. The summed E-state index contributed by atoms with van der Waals surface area (Å²) in [5.74, 6) is -0.424. The zero-order valence-corrected chi connectivity index (χ0v) is 23.0. The number of carbonyl (C=O) groups excluding carboxylic acids is 2. The van der Waals surface area contributed by atoms with Crippen LogP contribution in [0.25, 0.3) is 22.9 Å². The molecule has 12 heteroatoms. The van der Waals surface area contributed by atoms with Crippen molar-refractivity contribution >= 4 is 17.8 Å². The molecular weight excluding hydrogens is 541 g/mol. The number of amides is 2. The number of nitrogens with one attached hydrogen (secondary N) is 2. The van der Waals surface area contributed by atoms with E-state index in [0.29, 0.717) is 29.1 Å². The van der Waals surface area contributed by atoms with E-state index in [1.54, 1.807) is 48.9 Å². The lowest BCUT2D eigenvalue weighted by Gasteiger charge is -2.27. The van der Waals surface area contributed by atoms with Crippen LogP contribution in [-0.2, 0) is 22.7 Å². The molecule has 11 nitrogen and oxygen atoms in total. The average molecular weight is 570 g/mol. The van der Waals surface area contributed by atoms with Gasteiger partial charge in [0.25, 0.3) is 5.91 Å². The second-order valence-electron chi connectivity index (χ2n) is 9.64. The van der Waals surface area contributed by atoms with E-state index in [2.05, 4.69) is 30.9 Å². The van der Waals surface area contributed by atoms with Gasteiger partial charge in [0.15, 0.2) is 5.82 Å². The number of hydrogen-bond donors (Lipinski definition) is 2. The molecule has 0 spiro atoms. The van der Waals surface area contributed by atoms with E-state index in [1.807, 2.05) is 30.3 Å². The summed E-state index contributed by atoms with van der Waals surface area (Å²) in [6.45, 7) is 3.58. The summed E-state index contributed by atoms with van der Waals surface area (Å²) in [6.07, 6.45) is 2.48. The largest absolute Gasteiger partial charge is 0.445 e. The number of anilines is 1. The van der Waals surface area contributed by atoms with Gasteiger partial charge in [-0.15, -0.1) is 0 Å². The number of ether oxygens (including phenoxy) is 1. The lowest BCUT2D eigenvalue weighted by molar-refractivity contribution is -0.121. The average Bonchev–Trinajstić information content (AvgIpc) is 3.68. The number of nitrogens with zero attached hydrogens (tertiary/aromatic N) is 5. The Bertz CT molecular complexity index is 1670. The summed E-state index contributed by atoms with van der Waals surface area (Å²) in [5, 5.41) is 14.0. The van der Waals surface area contributed by atoms with Crippen LogP contribution >= 0.6 is 0 Å². The van der Waals surface area contributed by atoms with Crippen molar-refractivity contribution in [2.75, 3.05) is 5.32 Å². The van der Waals surface area contributed by atoms with Gasteiger partial charge in [0.1, 0.15) is 41.4 Å². The predicted octanol–water partition coefficient (Wildman–Crippen LogP) is 5.22. The van der Waals surface area contributed by atoms with Crippen molar-refractivity contribution in [1.29, 1.82) is 0 Å². The zero-order valence-electron chi connectivity index (χ0n) is 23.0. The van der Waals surface area contributed by atoms with Gasteiger partial charge in [0.05, 0.1) is 12.2 Å². The molecule has 0 saturated heterocycles. The normalized spacial score (nSPS) is 12.4. The van der Waals surface area contributed by atoms with Crippen LogP contribution in [0.2, 0.25) is 0 Å². The summed E-state index contributed by atoms with van der Waals surface area (Å²) in [5.41, 5.74) is 1.43. The topological polar surface area (TPSA) is 137 Å². The van der Waals surface area contributed by atoms with Crippen LogP contribution in [-0.4, -0.2) is 42.4 Å². The number of carbonyl (C=O) groups is 2. The van der Waals surface area contributed by atoms with Crippen LogP contribution in [0.15, 0.2) is 89.8 Å². The minimum absolute atomic E-state index is 0.0727. The molecule has 0 aliphatic rings. The number of alkyl carbamates (subject to hydrolysis) is 1. The summed E-state index contributed by atoms with van der Waals surface area (Å²) in [7, 11) is 0. The highest BCUT2D eigenvalue weighted by molar-refractivity contribution is 5.99. The Hall–Kier alpha value is -5.39. The Morgan fingerprint density at radius 2 is 1.83 bits per heavy atom. The lowest BCUT2D eigenvalue weighted by atomic mass is 9.98. The van der Waals surface area contributed by atoms with Crippen molar-refractivity contribution in [3.8, 4) is 22.9 Å². The van der Waals surface area contributed by atoms with E-state index in [9.17, 15) is 14.0 Å². The molecule has 3 heterocycles. The zero-order chi connectivity index (χ0) is 29.5. The number of aromatic nitrogens is 5. The molecule has 3 aromatic heterocycles. The van der Waals surface area contributed by atoms with Gasteiger partial charge in [-0.05, 0) is 37.1 Å². The molecule has 5 aromatic rings. The van der Waals surface area contributed by atoms with E-state index in [0.717, 1.165) is 5.56 Å². The molecule has 5 rings (SSSR count). The molecule has 2 aromatic carbocycles. The molecule has 0 saturated carbocycles. The van der Waals surface area contributed by atoms with Gasteiger partial charge in [0.2, 0.25) is 0 Å². The molecule has 0 fully saturated rings. The molecular formula is C30H28FN7O4. The second kappa shape index (κ2) is 12.4. The van der Waals surface area contributed by atoms with Gasteiger partial charge in [-0.3, -0.25) is 9.48 Å². The highest BCUT2D eigenvalue weighted by Gasteiger charge is 2.34. The Morgan fingerprint density at radius 1 is 1.05 bits per heavy atom. The summed E-state index contributed by atoms with van der Waals surface area (Å²) in [4.78, 5) is 34.5. The van der Waals surface area contributed by atoms with Crippen molar-refractivity contribution < 1.29 is 23.2 Å². The SMILES string of the molecule is CCC(C)(NC(=O)OCc1ccccc1)C(=O)Nc1ccnc(-c2cc(-c3ccon3)n(Cc3ccccc3F)n2)n1. The van der Waals surface area contributed by atoms with E-state index in [4.69, 9.17) is 9.26 Å². The number of benzene rings is 2. The van der Waals surface area contributed by atoms with Crippen LogP contribution in [0, 0.1) is 5.82 Å². The van der Waals surface area contributed by atoms with Gasteiger partial charge in [-0.1, -0.05) is 60.6 Å². The third-order valence-corrected chi connectivity index (χ3v) is 6.68. The van der Waals surface area contributed by atoms with E-state index >= 15 is 0 Å². The first-order chi connectivity index (χ1) is 20.3. The quantitative estimate of drug-likeness (QED) is 0.234. The van der Waals surface area contributed by atoms with E-state index in [-0.39, 0.29) is 30.6 Å². The Balaban J connectivity index is 1.33. The number of hydrogen-bond acceptors (Lipinski definition) is 8. The minimum atomic E-state index is -1.28. The molecule has 0 aliphatic carbocycles. The van der Waals surface area contributed by atoms with Gasteiger partial charge in [-0.2, -0.15) is 5.10 Å². The fourth-order valence-electron chi connectivity index (χ4n) is 4.08. The fraction of sp³-hybridized carbons (Fsp3) is 0.200. The van der Waals surface area contributed by atoms with Crippen LogP contribution in [0.5, 0.6) is 0 Å². The Labute approximate surface area is 240 Å². The first kappa shape index (κ1) is 28.1. The maximum absolute atomic E-state index is 14.4. The monoisotopic (exact) mass is 569 g/mol. The van der Waals surface area contributed by atoms with Crippen molar-refractivity contribution in [3.63, 3.8) is 0 Å². The van der Waals surface area contributed by atoms with Crippen LogP contribution in [0.3, 0.4) is 0 Å². The molecule has 2 amide bonds. The number of halogens is 1. The molecule has 1 unspecified atom stereocenters. The van der Waals surface area contributed by atoms with Gasteiger partial charge < -0.3 is 19.9 Å². The van der Waals surface area contributed by atoms with Crippen LogP contribution < -0.4 is 10.6 Å². The van der Waals surface area contributed by atoms with Crippen LogP contribution in [0.4, 0.5) is 15.0 Å². The van der Waals surface area contributed by atoms with Crippen molar-refractivity contribution in [3.05, 3.63) is 102 Å². The maximum atomic E-state index is 14.4. The second-order valence-corrected chi connectivity index (χ2v) is 9.64. The van der Waals surface area contributed by atoms with Crippen LogP contribution in [0.1, 0.15) is 31.4 Å². The Kier molecular flexibility index (Phi) is 8.32. The lowest BCUT2D eigenvalue weighted by Crippen LogP contribution is -2.54. The molecule has 0 aliphatic heterocycles. The highest BCUT2D eigenvalue weighted by atomic mass is 19.1. The first-order valence-corrected chi connectivity index (χ1v) is 13.2. The van der Waals surface area contributed by atoms with E-state index < -0.39 is 17.5 Å². The maximum Gasteiger partial charge on any atom is 0.408 e. The third kappa shape index (κ3) is 6.49. The van der Waals surface area contributed by atoms with Crippen molar-refractivity contribution in [2.45, 2.75) is 39.0 Å². The van der Waals surface area contributed by atoms with Gasteiger partial charge in [-0.25, -0.2) is 19.2 Å². The summed E-state index contributed by atoms with van der Waals surface area (Å²) in [6, 6.07) is 20.6. The van der Waals surface area contributed by atoms with Gasteiger partial charge >= 0.3 is 6.09 Å². The number of rotatable bonds is 10. The molecule has 2 N–H and O–H groups in total. The molecule has 0 radical (unpaired) electrons. The van der Waals surface area contributed by atoms with Crippen molar-refractivity contribution in [1.82, 2.24) is 30.2 Å². The Morgan fingerprint density at radius 3 is 2.57 bits per heavy atom. The van der Waals surface area contributed by atoms with Gasteiger partial charge in [0, 0.05) is 17.8 Å². The smallest absolute Gasteiger partial charge is 0.408 e. The molecule has 1 atom stereocenters. The summed E-state index contributed by atoms with van der Waals surface area (Å²) < 4.78 is 26.3. The standard InChI is InChI=1S/C30H28FN7O4/c1-3-30(2,35-29(40)41-19-20-9-5-4-6-10-20)28(39)34-26-13-15-32-27(33-26)24-17-25(23-14-16-42-37-23)38(36-24)18-21-11-7-8-12-22(21)31/h4-17H,3,18-19H2,1-2H3,(H,35,40)(H,32,33,34,39). The predicted molar refractivity (Wildman–Crippen MR) is 151 cm³/mol. The third-order valence-electron chi connectivity index (χ3n) is 6.68. The molecule has 0 bridgehead atoms. The summed E-state index contributed by atoms with van der Waals surface area (Å²) >= 11 is 0. The van der Waals surface area contributed by atoms with E-state index in [1.165, 1.54) is 24.6 Å². The molecule has 214 valence electrons. The fourth-order valence-corrected chi connectivity index (χ4v) is 4.08. The first-order valence-electron chi connectivity index (χ1n) is 13.2. The van der Waals surface area contributed by atoms with Crippen molar-refractivity contribution in [2.24, 2.45) is 0 Å². The minimum Gasteiger partial charge on any atom is -0.445 e. The highest BCUT2D eigenvalue weighted by Crippen LogP contribution is 2.25.